The minimum absolute atomic E-state index is 0.104. The lowest BCUT2D eigenvalue weighted by Gasteiger charge is -2.27. The minimum atomic E-state index is -0.525. The summed E-state index contributed by atoms with van der Waals surface area (Å²) in [5.74, 6) is 0.923. The maximum Gasteiger partial charge on any atom is 0.122 e. The molecule has 0 saturated heterocycles. The van der Waals surface area contributed by atoms with Gasteiger partial charge in [0.2, 0.25) is 0 Å². The first-order valence-electron chi connectivity index (χ1n) is 9.43. The SMILES string of the molecule is CN(C)[C@H](CNC[C@@H](O)CO[C@@H]1CCCc2ccccc21)c1ccco1. The van der Waals surface area contributed by atoms with E-state index in [9.17, 15) is 5.11 Å². The first-order valence-corrected chi connectivity index (χ1v) is 9.43. The molecule has 1 aliphatic carbocycles. The number of nitrogens with one attached hydrogen (secondary N) is 1. The van der Waals surface area contributed by atoms with Gasteiger partial charge in [-0.25, -0.2) is 0 Å². The molecule has 1 aromatic heterocycles. The van der Waals surface area contributed by atoms with Crippen LogP contribution in [0.4, 0.5) is 0 Å². The van der Waals surface area contributed by atoms with Crippen LogP contribution in [0.3, 0.4) is 0 Å². The summed E-state index contributed by atoms with van der Waals surface area (Å²) in [7, 11) is 4.05. The number of benzene rings is 1. The minimum Gasteiger partial charge on any atom is -0.468 e. The fourth-order valence-electron chi connectivity index (χ4n) is 3.57. The third kappa shape index (κ3) is 4.95. The summed E-state index contributed by atoms with van der Waals surface area (Å²) in [5.41, 5.74) is 2.66. The number of likely N-dealkylation sites (N-methyl/N-ethyl adjacent to an activating group) is 1. The number of aryl methyl sites for hydroxylation is 1. The van der Waals surface area contributed by atoms with Gasteiger partial charge in [-0.15, -0.1) is 0 Å². The quantitative estimate of drug-likeness (QED) is 0.722. The molecule has 0 amide bonds. The Morgan fingerprint density at radius 3 is 2.85 bits per heavy atom. The fraction of sp³-hybridized carbons (Fsp3) is 0.524. The monoisotopic (exact) mass is 358 g/mol. The number of nitrogens with zero attached hydrogens (tertiary/aromatic N) is 1. The summed E-state index contributed by atoms with van der Waals surface area (Å²) >= 11 is 0. The molecule has 0 unspecified atom stereocenters. The van der Waals surface area contributed by atoms with Gasteiger partial charge in [0.05, 0.1) is 31.1 Å². The topological polar surface area (TPSA) is 57.9 Å². The molecule has 2 aromatic rings. The summed E-state index contributed by atoms with van der Waals surface area (Å²) in [5, 5.41) is 13.6. The molecule has 26 heavy (non-hydrogen) atoms. The van der Waals surface area contributed by atoms with Crippen molar-refractivity contribution >= 4 is 0 Å². The van der Waals surface area contributed by atoms with Crippen molar-refractivity contribution in [2.75, 3.05) is 33.8 Å². The van der Waals surface area contributed by atoms with Crippen molar-refractivity contribution < 1.29 is 14.3 Å². The highest BCUT2D eigenvalue weighted by molar-refractivity contribution is 5.31. The third-order valence-corrected chi connectivity index (χ3v) is 5.02. The normalized spacial score (nSPS) is 19.3. The Morgan fingerprint density at radius 2 is 2.08 bits per heavy atom. The first kappa shape index (κ1) is 19.1. The van der Waals surface area contributed by atoms with Gasteiger partial charge in [0, 0.05) is 13.1 Å². The van der Waals surface area contributed by atoms with Gasteiger partial charge in [0.25, 0.3) is 0 Å². The van der Waals surface area contributed by atoms with E-state index in [-0.39, 0.29) is 12.1 Å². The van der Waals surface area contributed by atoms with Gasteiger partial charge in [-0.1, -0.05) is 24.3 Å². The Morgan fingerprint density at radius 1 is 1.23 bits per heavy atom. The second kappa shape index (κ2) is 9.33. The van der Waals surface area contributed by atoms with Crippen LogP contribution in [0.1, 0.15) is 41.9 Å². The lowest BCUT2D eigenvalue weighted by atomic mass is 9.89. The van der Waals surface area contributed by atoms with Crippen LogP contribution >= 0.6 is 0 Å². The lowest BCUT2D eigenvalue weighted by molar-refractivity contribution is -0.0170. The summed E-state index contributed by atoms with van der Waals surface area (Å²) in [6, 6.07) is 12.5. The summed E-state index contributed by atoms with van der Waals surface area (Å²) in [6.45, 7) is 1.56. The molecule has 0 bridgehead atoms. The Balaban J connectivity index is 1.43. The molecule has 0 fully saturated rings. The zero-order valence-electron chi connectivity index (χ0n) is 15.7. The lowest BCUT2D eigenvalue weighted by Crippen LogP contribution is -2.36. The molecule has 5 heteroatoms. The van der Waals surface area contributed by atoms with Gasteiger partial charge in [-0.2, -0.15) is 0 Å². The predicted molar refractivity (Wildman–Crippen MR) is 102 cm³/mol. The van der Waals surface area contributed by atoms with Crippen LogP contribution in [0.5, 0.6) is 0 Å². The van der Waals surface area contributed by atoms with Crippen LogP contribution < -0.4 is 5.32 Å². The van der Waals surface area contributed by atoms with E-state index in [0.29, 0.717) is 19.7 Å². The van der Waals surface area contributed by atoms with Crippen molar-refractivity contribution in [3.63, 3.8) is 0 Å². The second-order valence-electron chi connectivity index (χ2n) is 7.22. The number of ether oxygens (including phenoxy) is 1. The molecule has 3 atom stereocenters. The van der Waals surface area contributed by atoms with E-state index >= 15 is 0 Å². The van der Waals surface area contributed by atoms with Gasteiger partial charge in [0.1, 0.15) is 5.76 Å². The number of fused-ring (bicyclic) bond motifs is 1. The van der Waals surface area contributed by atoms with Crippen LogP contribution in [0, 0.1) is 0 Å². The van der Waals surface area contributed by atoms with Gasteiger partial charge in [-0.3, -0.25) is 4.90 Å². The first-order chi connectivity index (χ1) is 12.6. The van der Waals surface area contributed by atoms with Crippen LogP contribution in [-0.4, -0.2) is 49.9 Å². The molecule has 1 heterocycles. The molecule has 142 valence electrons. The zero-order valence-corrected chi connectivity index (χ0v) is 15.7. The molecule has 0 saturated carbocycles. The largest absolute Gasteiger partial charge is 0.468 e. The summed E-state index contributed by atoms with van der Waals surface area (Å²) in [4.78, 5) is 2.10. The molecule has 3 rings (SSSR count). The number of aliphatic hydroxyl groups is 1. The standard InChI is InChI=1S/C21H30N2O3/c1-23(2)19(21-11-6-12-25-21)14-22-13-17(24)15-26-20-10-5-8-16-7-3-4-9-18(16)20/h3-4,6-7,9,11-12,17,19-20,22,24H,5,8,10,13-15H2,1-2H3/t17-,19-,20-/m1/s1. The van der Waals surface area contributed by atoms with E-state index in [1.54, 1.807) is 6.26 Å². The van der Waals surface area contributed by atoms with Crippen LogP contribution in [0.2, 0.25) is 0 Å². The Labute approximate surface area is 156 Å². The smallest absolute Gasteiger partial charge is 0.122 e. The zero-order chi connectivity index (χ0) is 18.4. The van der Waals surface area contributed by atoms with Crippen molar-refractivity contribution in [2.45, 2.75) is 37.5 Å². The van der Waals surface area contributed by atoms with Crippen molar-refractivity contribution in [1.82, 2.24) is 10.2 Å². The highest BCUT2D eigenvalue weighted by atomic mass is 16.5. The Hall–Kier alpha value is -1.66. The average Bonchev–Trinajstić information content (AvgIpc) is 3.17. The molecule has 5 nitrogen and oxygen atoms in total. The summed E-state index contributed by atoms with van der Waals surface area (Å²) < 4.78 is 11.5. The number of rotatable bonds is 9. The number of hydrogen-bond acceptors (Lipinski definition) is 5. The molecular weight excluding hydrogens is 328 g/mol. The third-order valence-electron chi connectivity index (χ3n) is 5.02. The van der Waals surface area contributed by atoms with Gasteiger partial charge >= 0.3 is 0 Å². The van der Waals surface area contributed by atoms with Gasteiger partial charge in [-0.05, 0) is 56.6 Å². The molecule has 1 aliphatic rings. The second-order valence-corrected chi connectivity index (χ2v) is 7.22. The number of aliphatic hydroxyl groups excluding tert-OH is 1. The highest BCUT2D eigenvalue weighted by Gasteiger charge is 2.21. The number of furan rings is 1. The van der Waals surface area contributed by atoms with Gasteiger partial charge < -0.3 is 19.6 Å². The van der Waals surface area contributed by atoms with Gasteiger partial charge in [0.15, 0.2) is 0 Å². The van der Waals surface area contributed by atoms with Crippen LogP contribution in [0.15, 0.2) is 47.1 Å². The number of hydrogen-bond donors (Lipinski definition) is 2. The molecule has 0 spiro atoms. The van der Waals surface area contributed by atoms with E-state index in [4.69, 9.17) is 9.15 Å². The summed E-state index contributed by atoms with van der Waals surface area (Å²) in [6.07, 6.45) is 4.56. The van der Waals surface area contributed by atoms with Crippen molar-refractivity contribution in [3.8, 4) is 0 Å². The Kier molecular flexibility index (Phi) is 6.86. The van der Waals surface area contributed by atoms with Crippen molar-refractivity contribution in [3.05, 3.63) is 59.5 Å². The predicted octanol–water partition coefficient (Wildman–Crippen LogP) is 2.93. The van der Waals surface area contributed by atoms with E-state index in [1.165, 1.54) is 11.1 Å². The molecule has 0 radical (unpaired) electrons. The molecule has 1 aromatic carbocycles. The van der Waals surface area contributed by atoms with E-state index in [0.717, 1.165) is 25.0 Å². The van der Waals surface area contributed by atoms with Crippen LogP contribution in [0.25, 0.3) is 0 Å². The molecule has 0 aliphatic heterocycles. The molecule has 2 N–H and O–H groups in total. The highest BCUT2D eigenvalue weighted by Crippen LogP contribution is 2.32. The fourth-order valence-corrected chi connectivity index (χ4v) is 3.57. The van der Waals surface area contributed by atoms with Crippen molar-refractivity contribution in [1.29, 1.82) is 0 Å². The average molecular weight is 358 g/mol. The Bertz CT molecular complexity index is 657. The van der Waals surface area contributed by atoms with E-state index in [2.05, 4.69) is 34.5 Å². The maximum atomic E-state index is 10.3. The van der Waals surface area contributed by atoms with E-state index < -0.39 is 6.10 Å². The van der Waals surface area contributed by atoms with Crippen LogP contribution in [-0.2, 0) is 11.2 Å². The maximum absolute atomic E-state index is 10.3. The molecular formula is C21H30N2O3. The van der Waals surface area contributed by atoms with Crippen molar-refractivity contribution in [2.24, 2.45) is 0 Å². The van der Waals surface area contributed by atoms with E-state index in [1.807, 2.05) is 26.2 Å².